The van der Waals surface area contributed by atoms with Crippen LogP contribution < -0.4 is 37.6 Å². The van der Waals surface area contributed by atoms with Crippen molar-refractivity contribution in [3.05, 3.63) is 125 Å². The smallest absolute Gasteiger partial charge is 0.407 e. The second-order valence-corrected chi connectivity index (χ2v) is 25.8. The van der Waals surface area contributed by atoms with Gasteiger partial charge in [-0.2, -0.15) is 0 Å². The molecule has 0 unspecified atom stereocenters. The largest absolute Gasteiger partial charge is 0.463 e. The number of carbonyl (C=O) groups excluding carboxylic acids is 10. The number of hydrogen-bond donors (Lipinski definition) is 7. The lowest BCUT2D eigenvalue weighted by atomic mass is 9.51. The number of hydrogen-bond acceptors (Lipinski definition) is 17. The molecule has 3 aliphatic heterocycles. The number of allylic oxidation sites excluding steroid dienone is 3. The van der Waals surface area contributed by atoms with E-state index in [-0.39, 0.29) is 95.3 Å². The van der Waals surface area contributed by atoms with E-state index in [0.717, 1.165) is 33.9 Å². The predicted octanol–water partition coefficient (Wildman–Crippen LogP) is 6.93. The van der Waals surface area contributed by atoms with Crippen molar-refractivity contribution in [2.75, 3.05) is 44.8 Å². The van der Waals surface area contributed by atoms with E-state index in [1.54, 1.807) is 45.0 Å². The van der Waals surface area contributed by atoms with Crippen LogP contribution in [-0.4, -0.2) is 141 Å². The number of carbonyl (C=O) groups is 10. The number of nitrogens with one attached hydrogen (secondary N) is 6. The van der Waals surface area contributed by atoms with Crippen LogP contribution in [0.1, 0.15) is 134 Å². The molecular formula is C70H87N7O17. The predicted molar refractivity (Wildman–Crippen MR) is 342 cm³/mol. The Bertz CT molecular complexity index is 3350. The van der Waals surface area contributed by atoms with Gasteiger partial charge in [-0.3, -0.25) is 24.0 Å². The Hall–Kier alpha value is -8.90. The highest BCUT2D eigenvalue weighted by molar-refractivity contribution is 5.98. The summed E-state index contributed by atoms with van der Waals surface area (Å²) < 4.78 is 41.8. The Morgan fingerprint density at radius 3 is 2.13 bits per heavy atom. The van der Waals surface area contributed by atoms with Gasteiger partial charge >= 0.3 is 36.0 Å². The number of benzene rings is 3. The van der Waals surface area contributed by atoms with E-state index in [1.807, 2.05) is 44.2 Å². The highest BCUT2D eigenvalue weighted by atomic mass is 16.6. The number of fused-ring (bicyclic) bond motifs is 3. The summed E-state index contributed by atoms with van der Waals surface area (Å²) in [6.07, 6.45) is 8.32. The maximum atomic E-state index is 14.4. The number of rotatable bonds is 24. The molecule has 7 amide bonds. The molecule has 3 aromatic rings. The summed E-state index contributed by atoms with van der Waals surface area (Å²) in [5, 5.41) is 16.4. The Morgan fingerprint density at radius 2 is 1.44 bits per heavy atom. The maximum absolute atomic E-state index is 14.4. The van der Waals surface area contributed by atoms with Crippen molar-refractivity contribution in [1.82, 2.24) is 26.6 Å². The van der Waals surface area contributed by atoms with Crippen molar-refractivity contribution < 1.29 is 81.1 Å². The topological polar surface area (TPSA) is 337 Å². The van der Waals surface area contributed by atoms with E-state index >= 15 is 0 Å². The lowest BCUT2D eigenvalue weighted by Crippen LogP contribution is -2.67. The molecular weight excluding hydrogens is 1210 g/mol. The normalized spacial score (nSPS) is 25.9. The minimum Gasteiger partial charge on any atom is -0.463 e. The number of alkyl carbamates (subject to hydrolysis) is 1. The summed E-state index contributed by atoms with van der Waals surface area (Å²) >= 11 is 0. The third-order valence-corrected chi connectivity index (χ3v) is 19.2. The summed E-state index contributed by atoms with van der Waals surface area (Å²) in [4.78, 5) is 132. The first-order valence-corrected chi connectivity index (χ1v) is 32.5. The highest BCUT2D eigenvalue weighted by Gasteiger charge is 2.83. The average Bonchev–Trinajstić information content (AvgIpc) is 1.48. The Balaban J connectivity index is 0.725. The number of primary amides is 1. The van der Waals surface area contributed by atoms with Crippen molar-refractivity contribution in [3.8, 4) is 11.1 Å². The van der Waals surface area contributed by atoms with Gasteiger partial charge in [0.05, 0.1) is 37.3 Å². The van der Waals surface area contributed by atoms with Crippen LogP contribution in [0.4, 0.5) is 15.3 Å². The standard InChI is InChI=1S/C70H87N7O17/c1-42(2)61(76-56(78)21-7-6-14-33-73-67(87)90-39-51-49-18-10-8-16-47(49)48-17-9-11-19-50(48)51)64(84)75-52(20-15-34-72-66(71)86)63(83)74-46-26-24-45(25-27-46)38-89-59(81)29-28-57(79)77-62-44(4)31-35-88-58(80)22-12-13-23-60(82)94-53-37-55-70(41-92-70)68(53,5)69(40-91-65(62)85)32-30-43(3)36-54(69)93-55/h8-13,16-19,22-27,36,42,44,51-55,61-62H,6-7,14-15,20-21,28-35,37-41H2,1-5H3,(H,73,87)(H,74,83)(H,75,84)(H,76,78)(H,77,79)(H3,71,72,86)/b22-12+,23-13-/t44-,52+,53-,54-,55-,61+,62-,68-,69-,70+/m1/s1. The van der Waals surface area contributed by atoms with Gasteiger partial charge in [0.25, 0.3) is 0 Å². The van der Waals surface area contributed by atoms with Gasteiger partial charge in [-0.1, -0.05) is 119 Å². The Kier molecular flexibility index (Phi) is 23.2. The molecule has 94 heavy (non-hydrogen) atoms. The van der Waals surface area contributed by atoms with Gasteiger partial charge in [-0.15, -0.1) is 0 Å². The van der Waals surface area contributed by atoms with Crippen LogP contribution in [0, 0.1) is 22.7 Å². The third kappa shape index (κ3) is 16.5. The Labute approximate surface area is 546 Å². The first-order chi connectivity index (χ1) is 45.1. The van der Waals surface area contributed by atoms with E-state index in [2.05, 4.69) is 56.2 Å². The van der Waals surface area contributed by atoms with E-state index < -0.39 is 106 Å². The average molecular weight is 1300 g/mol. The van der Waals surface area contributed by atoms with Crippen molar-refractivity contribution in [1.29, 1.82) is 0 Å². The van der Waals surface area contributed by atoms with E-state index in [4.69, 9.17) is 38.9 Å². The molecule has 2 saturated heterocycles. The fourth-order valence-electron chi connectivity index (χ4n) is 13.7. The van der Waals surface area contributed by atoms with Gasteiger partial charge in [0.2, 0.25) is 23.6 Å². The molecule has 8 N–H and O–H groups in total. The molecule has 3 fully saturated rings. The van der Waals surface area contributed by atoms with Crippen LogP contribution in [0.25, 0.3) is 11.1 Å². The molecule has 1 saturated carbocycles. The molecule has 9 rings (SSSR count). The molecule has 2 bridgehead atoms. The molecule has 504 valence electrons. The number of epoxide rings is 1. The zero-order chi connectivity index (χ0) is 67.2. The molecule has 3 aromatic carbocycles. The molecule has 10 atom stereocenters. The van der Waals surface area contributed by atoms with Gasteiger partial charge in [-0.25, -0.2) is 24.0 Å². The molecule has 2 spiro atoms. The summed E-state index contributed by atoms with van der Waals surface area (Å²) in [6, 6.07) is 18.5. The molecule has 3 aliphatic carbocycles. The Morgan fingerprint density at radius 1 is 0.745 bits per heavy atom. The fourth-order valence-corrected chi connectivity index (χ4v) is 13.7. The summed E-state index contributed by atoms with van der Waals surface area (Å²) in [6.45, 7) is 9.88. The zero-order valence-electron chi connectivity index (χ0n) is 54.0. The van der Waals surface area contributed by atoms with Crippen molar-refractivity contribution >= 4 is 65.3 Å². The number of unbranched alkanes of at least 4 members (excludes halogenated alkanes) is 2. The second kappa shape index (κ2) is 31.4. The third-order valence-electron chi connectivity index (χ3n) is 19.2. The molecule has 24 nitrogen and oxygen atoms in total. The second-order valence-electron chi connectivity index (χ2n) is 25.8. The number of anilines is 1. The quantitative estimate of drug-likeness (QED) is 0.0157. The van der Waals surface area contributed by atoms with Gasteiger partial charge < -0.3 is 70.8 Å². The lowest BCUT2D eigenvalue weighted by Gasteiger charge is -2.58. The maximum Gasteiger partial charge on any atom is 0.407 e. The van der Waals surface area contributed by atoms with Gasteiger partial charge in [-0.05, 0) is 104 Å². The van der Waals surface area contributed by atoms with Crippen LogP contribution in [0.15, 0.2) is 109 Å². The van der Waals surface area contributed by atoms with Crippen LogP contribution in [0.5, 0.6) is 0 Å². The molecule has 6 aliphatic rings. The van der Waals surface area contributed by atoms with Crippen LogP contribution in [0.3, 0.4) is 0 Å². The number of amides is 7. The number of esters is 4. The first-order valence-electron chi connectivity index (χ1n) is 32.5. The van der Waals surface area contributed by atoms with Crippen molar-refractivity contribution in [3.63, 3.8) is 0 Å². The molecule has 3 heterocycles. The number of ether oxygens (including phenoxy) is 7. The zero-order valence-corrected chi connectivity index (χ0v) is 54.0. The molecule has 24 heteroatoms. The van der Waals surface area contributed by atoms with Gasteiger partial charge in [0.15, 0.2) is 0 Å². The number of cyclic esters (lactones) is 2. The van der Waals surface area contributed by atoms with Crippen LogP contribution in [-0.2, 0) is 78.1 Å². The van der Waals surface area contributed by atoms with Crippen LogP contribution in [0.2, 0.25) is 0 Å². The summed E-state index contributed by atoms with van der Waals surface area (Å²) in [7, 11) is 0. The van der Waals surface area contributed by atoms with Gasteiger partial charge in [0, 0.05) is 61.5 Å². The SMILES string of the molecule is CC1=C[C@H]2O[C@@H]3C[C@H]4OC(=O)/C=C\C=C\C(=O)OCC[C@@H](C)[C@@H](NC(=O)CCC(=O)OCc5ccc(NC(=O)[C@H](CCCNC(N)=O)NC(=O)[C@@H](NC(=O)CCCCCNC(=O)OCC6c7ccccc7-c7ccccc76)C(C)C)cc5)C(=O)OC[C@@]2(CC1)[C@]4(C)[C@]31CO1. The summed E-state index contributed by atoms with van der Waals surface area (Å²) in [5.74, 6) is -5.97. The van der Waals surface area contributed by atoms with Crippen LogP contribution >= 0.6 is 0 Å². The molecule has 0 aromatic heterocycles. The van der Waals surface area contributed by atoms with E-state index in [1.165, 1.54) is 18.2 Å². The lowest BCUT2D eigenvalue weighted by molar-refractivity contribution is -0.233. The highest BCUT2D eigenvalue weighted by Crippen LogP contribution is 2.72. The first kappa shape index (κ1) is 69.4. The van der Waals surface area contributed by atoms with Crippen molar-refractivity contribution in [2.45, 2.75) is 166 Å². The van der Waals surface area contributed by atoms with Gasteiger partial charge in [0.1, 0.15) is 49.7 Å². The fraction of sp³-hybridized carbons (Fsp3) is 0.514. The number of nitrogens with two attached hydrogens (primary N) is 1. The monoisotopic (exact) mass is 1300 g/mol. The van der Waals surface area contributed by atoms with E-state index in [0.29, 0.717) is 62.9 Å². The molecule has 0 radical (unpaired) electrons. The minimum atomic E-state index is -1.23. The summed E-state index contributed by atoms with van der Waals surface area (Å²) in [5.41, 5.74) is 9.24. The van der Waals surface area contributed by atoms with E-state index in [9.17, 15) is 47.9 Å². The van der Waals surface area contributed by atoms with Crippen molar-refractivity contribution in [2.24, 2.45) is 28.4 Å². The number of urea groups is 1. The minimum absolute atomic E-state index is 0.0577.